The molecule has 10 heteroatoms. The SMILES string of the molecule is CCNC(=NCc1ccc2c(c1)OCO2)NCc1nc(-c2cccc(Cl)c2)no1.I. The van der Waals surface area contributed by atoms with E-state index >= 15 is 0 Å². The molecule has 8 nitrogen and oxygen atoms in total. The fourth-order valence-corrected chi connectivity index (χ4v) is 2.97. The van der Waals surface area contributed by atoms with Crippen LogP contribution in [0.25, 0.3) is 11.4 Å². The molecule has 0 saturated heterocycles. The van der Waals surface area contributed by atoms with Crippen LogP contribution >= 0.6 is 35.6 Å². The summed E-state index contributed by atoms with van der Waals surface area (Å²) >= 11 is 6.02. The van der Waals surface area contributed by atoms with E-state index in [0.717, 1.165) is 29.2 Å². The summed E-state index contributed by atoms with van der Waals surface area (Å²) in [7, 11) is 0. The molecular weight excluding hydrogens is 521 g/mol. The lowest BCUT2D eigenvalue weighted by molar-refractivity contribution is 0.174. The van der Waals surface area contributed by atoms with Crippen molar-refractivity contribution in [3.05, 3.63) is 58.9 Å². The van der Waals surface area contributed by atoms with Gasteiger partial charge < -0.3 is 24.6 Å². The average Bonchev–Trinajstić information content (AvgIpc) is 3.39. The van der Waals surface area contributed by atoms with Crippen LogP contribution in [0, 0.1) is 0 Å². The fourth-order valence-electron chi connectivity index (χ4n) is 2.78. The monoisotopic (exact) mass is 541 g/mol. The van der Waals surface area contributed by atoms with Gasteiger partial charge in [-0.3, -0.25) is 0 Å². The summed E-state index contributed by atoms with van der Waals surface area (Å²) in [5, 5.41) is 11.0. The summed E-state index contributed by atoms with van der Waals surface area (Å²) in [6, 6.07) is 13.1. The highest BCUT2D eigenvalue weighted by Gasteiger charge is 2.13. The molecule has 1 aliphatic heterocycles. The maximum atomic E-state index is 6.02. The van der Waals surface area contributed by atoms with E-state index in [0.29, 0.717) is 35.8 Å². The predicted molar refractivity (Wildman–Crippen MR) is 124 cm³/mol. The highest BCUT2D eigenvalue weighted by Crippen LogP contribution is 2.32. The van der Waals surface area contributed by atoms with E-state index in [-0.39, 0.29) is 30.8 Å². The molecule has 1 aliphatic rings. The molecular formula is C20H21ClIN5O3. The number of halogens is 2. The number of aliphatic imine (C=N–C) groups is 1. The second-order valence-electron chi connectivity index (χ2n) is 6.26. The van der Waals surface area contributed by atoms with Crippen LogP contribution in [0.15, 0.2) is 52.0 Å². The van der Waals surface area contributed by atoms with E-state index in [1.807, 2.05) is 37.3 Å². The third-order valence-electron chi connectivity index (χ3n) is 4.16. The van der Waals surface area contributed by atoms with Crippen LogP contribution in [-0.4, -0.2) is 29.4 Å². The highest BCUT2D eigenvalue weighted by atomic mass is 127. The molecule has 158 valence electrons. The lowest BCUT2D eigenvalue weighted by Gasteiger charge is -2.09. The Labute approximate surface area is 196 Å². The van der Waals surface area contributed by atoms with E-state index in [4.69, 9.17) is 25.6 Å². The largest absolute Gasteiger partial charge is 0.454 e. The lowest BCUT2D eigenvalue weighted by atomic mass is 10.2. The Kier molecular flexibility index (Phi) is 7.75. The van der Waals surface area contributed by atoms with Crippen LogP contribution in [0.4, 0.5) is 0 Å². The summed E-state index contributed by atoms with van der Waals surface area (Å²) in [6.45, 7) is 3.82. The van der Waals surface area contributed by atoms with Gasteiger partial charge in [0.25, 0.3) is 0 Å². The summed E-state index contributed by atoms with van der Waals surface area (Å²) in [5.41, 5.74) is 1.82. The number of guanidine groups is 1. The second kappa shape index (κ2) is 10.5. The molecule has 0 saturated carbocycles. The van der Waals surface area contributed by atoms with Gasteiger partial charge in [-0.05, 0) is 36.8 Å². The van der Waals surface area contributed by atoms with Gasteiger partial charge in [0.1, 0.15) is 0 Å². The van der Waals surface area contributed by atoms with Crippen molar-refractivity contribution in [2.45, 2.75) is 20.0 Å². The molecule has 0 fully saturated rings. The lowest BCUT2D eigenvalue weighted by Crippen LogP contribution is -2.36. The van der Waals surface area contributed by atoms with Crippen LogP contribution in [0.5, 0.6) is 11.5 Å². The van der Waals surface area contributed by atoms with E-state index in [9.17, 15) is 0 Å². The number of nitrogens with zero attached hydrogens (tertiary/aromatic N) is 3. The number of fused-ring (bicyclic) bond motifs is 1. The third kappa shape index (κ3) is 5.54. The van der Waals surface area contributed by atoms with Crippen molar-refractivity contribution < 1.29 is 14.0 Å². The van der Waals surface area contributed by atoms with Gasteiger partial charge in [-0.25, -0.2) is 4.99 Å². The molecule has 2 aromatic carbocycles. The Bertz CT molecular complexity index is 1030. The van der Waals surface area contributed by atoms with E-state index in [1.165, 1.54) is 0 Å². The number of aromatic nitrogens is 2. The zero-order valence-electron chi connectivity index (χ0n) is 16.2. The molecule has 0 atom stereocenters. The predicted octanol–water partition coefficient (Wildman–Crippen LogP) is 3.99. The normalized spacial score (nSPS) is 12.4. The number of benzene rings is 2. The smallest absolute Gasteiger partial charge is 0.246 e. The minimum Gasteiger partial charge on any atom is -0.454 e. The Morgan fingerprint density at radius 1 is 1.13 bits per heavy atom. The van der Waals surface area contributed by atoms with Crippen LogP contribution < -0.4 is 20.1 Å². The van der Waals surface area contributed by atoms with Gasteiger partial charge in [-0.2, -0.15) is 4.98 Å². The molecule has 30 heavy (non-hydrogen) atoms. The first-order valence-electron chi connectivity index (χ1n) is 9.20. The number of nitrogens with one attached hydrogen (secondary N) is 2. The Balaban J connectivity index is 0.00000256. The Hall–Kier alpha value is -2.53. The zero-order valence-corrected chi connectivity index (χ0v) is 19.3. The van der Waals surface area contributed by atoms with Gasteiger partial charge in [0, 0.05) is 17.1 Å². The average molecular weight is 542 g/mol. The van der Waals surface area contributed by atoms with Gasteiger partial charge >= 0.3 is 0 Å². The van der Waals surface area contributed by atoms with Crippen molar-refractivity contribution in [1.29, 1.82) is 0 Å². The molecule has 1 aromatic heterocycles. The molecule has 0 radical (unpaired) electrons. The van der Waals surface area contributed by atoms with Crippen molar-refractivity contribution >= 4 is 41.5 Å². The van der Waals surface area contributed by atoms with Gasteiger partial charge in [0.15, 0.2) is 17.5 Å². The maximum absolute atomic E-state index is 6.02. The number of hydrogen-bond acceptors (Lipinski definition) is 6. The van der Waals surface area contributed by atoms with E-state index < -0.39 is 0 Å². The van der Waals surface area contributed by atoms with Crippen LogP contribution in [-0.2, 0) is 13.1 Å². The van der Waals surface area contributed by atoms with Gasteiger partial charge in [-0.15, -0.1) is 24.0 Å². The zero-order chi connectivity index (χ0) is 20.1. The molecule has 4 rings (SSSR count). The van der Waals surface area contributed by atoms with E-state index in [1.54, 1.807) is 12.1 Å². The minimum absolute atomic E-state index is 0. The number of ether oxygens (including phenoxy) is 2. The summed E-state index contributed by atoms with van der Waals surface area (Å²) in [4.78, 5) is 8.99. The Morgan fingerprint density at radius 2 is 2.00 bits per heavy atom. The molecule has 0 unspecified atom stereocenters. The topological polar surface area (TPSA) is 93.8 Å². The molecule has 0 spiro atoms. The van der Waals surface area contributed by atoms with Crippen molar-refractivity contribution in [2.24, 2.45) is 4.99 Å². The Morgan fingerprint density at radius 3 is 2.83 bits per heavy atom. The van der Waals surface area contributed by atoms with Gasteiger partial charge in [0.05, 0.1) is 13.1 Å². The van der Waals surface area contributed by atoms with Crippen LogP contribution in [0.1, 0.15) is 18.4 Å². The number of rotatable bonds is 6. The molecule has 0 amide bonds. The van der Waals surface area contributed by atoms with Crippen LogP contribution in [0.2, 0.25) is 5.02 Å². The summed E-state index contributed by atoms with van der Waals surface area (Å²) < 4.78 is 16.1. The van der Waals surface area contributed by atoms with Crippen molar-refractivity contribution in [3.8, 4) is 22.9 Å². The summed E-state index contributed by atoms with van der Waals surface area (Å²) in [6.07, 6.45) is 0. The third-order valence-corrected chi connectivity index (χ3v) is 4.39. The minimum atomic E-state index is 0. The van der Waals surface area contributed by atoms with Crippen molar-refractivity contribution in [3.63, 3.8) is 0 Å². The highest BCUT2D eigenvalue weighted by molar-refractivity contribution is 14.0. The first kappa shape index (κ1) is 22.2. The van der Waals surface area contributed by atoms with Crippen molar-refractivity contribution in [1.82, 2.24) is 20.8 Å². The molecule has 2 heterocycles. The maximum Gasteiger partial charge on any atom is 0.246 e. The van der Waals surface area contributed by atoms with Gasteiger partial charge in [0.2, 0.25) is 18.5 Å². The quantitative estimate of drug-likeness (QED) is 0.277. The fraction of sp³-hybridized carbons (Fsp3) is 0.250. The van der Waals surface area contributed by atoms with Gasteiger partial charge in [-0.1, -0.05) is 35.0 Å². The summed E-state index contributed by atoms with van der Waals surface area (Å²) in [5.74, 6) is 3.10. The first-order valence-corrected chi connectivity index (χ1v) is 9.58. The number of hydrogen-bond donors (Lipinski definition) is 2. The molecule has 2 N–H and O–H groups in total. The van der Waals surface area contributed by atoms with E-state index in [2.05, 4.69) is 25.8 Å². The van der Waals surface area contributed by atoms with Crippen molar-refractivity contribution in [2.75, 3.05) is 13.3 Å². The molecule has 0 bridgehead atoms. The van der Waals surface area contributed by atoms with Crippen LogP contribution in [0.3, 0.4) is 0 Å². The molecule has 0 aliphatic carbocycles. The first-order chi connectivity index (χ1) is 14.2. The second-order valence-corrected chi connectivity index (χ2v) is 6.69. The standard InChI is InChI=1S/C20H20ClN5O3.HI/c1-2-22-20(23-10-13-6-7-16-17(8-13)28-12-27-16)24-11-18-25-19(26-29-18)14-4-3-5-15(21)9-14;/h3-9H,2,10-12H2,1H3,(H2,22,23,24);1H. The molecule has 3 aromatic rings.